The monoisotopic (exact) mass is 296 g/mol. The van der Waals surface area contributed by atoms with Gasteiger partial charge in [0, 0.05) is 44.9 Å². The van der Waals surface area contributed by atoms with E-state index >= 15 is 0 Å². The summed E-state index contributed by atoms with van der Waals surface area (Å²) in [5.74, 6) is 1.09. The summed E-state index contributed by atoms with van der Waals surface area (Å²) in [5.41, 5.74) is 1.22. The summed E-state index contributed by atoms with van der Waals surface area (Å²) in [5, 5.41) is 5.48. The second-order valence-electron chi connectivity index (χ2n) is 4.71. The number of hydrogen-bond donors (Lipinski definition) is 1. The molecule has 0 radical (unpaired) electrons. The highest BCUT2D eigenvalue weighted by Crippen LogP contribution is 2.25. The Hall–Kier alpha value is -1.15. The topological polar surface area (TPSA) is 51.0 Å². The molecule has 2 aromatic heterocycles. The largest absolute Gasteiger partial charge is 0.383 e. The lowest BCUT2D eigenvalue weighted by molar-refractivity contribution is 0.122. The third-order valence-corrected chi connectivity index (χ3v) is 4.18. The first-order valence-electron chi connectivity index (χ1n) is 6.87. The molecule has 1 saturated heterocycles. The number of imidazole rings is 1. The van der Waals surface area contributed by atoms with Crippen molar-refractivity contribution in [3.63, 3.8) is 0 Å². The summed E-state index contributed by atoms with van der Waals surface area (Å²) in [6.07, 6.45) is 2.09. The summed E-state index contributed by atoms with van der Waals surface area (Å²) in [6.45, 7) is 5.75. The molecule has 7 heteroatoms. The Kier molecular flexibility index (Phi) is 4.51. The SMILES string of the molecule is COCCNCc1c(N2CCOCC2)nc2sccn12. The number of morpholine rings is 1. The van der Waals surface area contributed by atoms with Crippen LogP contribution in [0.4, 0.5) is 5.82 Å². The molecule has 1 aliphatic heterocycles. The van der Waals surface area contributed by atoms with Crippen molar-refractivity contribution in [2.45, 2.75) is 6.54 Å². The van der Waals surface area contributed by atoms with Gasteiger partial charge in [-0.25, -0.2) is 4.98 Å². The molecule has 3 rings (SSSR count). The molecule has 1 aliphatic rings. The van der Waals surface area contributed by atoms with Crippen LogP contribution in [-0.2, 0) is 16.0 Å². The van der Waals surface area contributed by atoms with Crippen molar-refractivity contribution in [2.24, 2.45) is 0 Å². The fourth-order valence-corrected chi connectivity index (χ4v) is 3.12. The molecule has 0 aromatic carbocycles. The molecule has 0 saturated carbocycles. The van der Waals surface area contributed by atoms with Crippen LogP contribution in [0.25, 0.3) is 4.96 Å². The third kappa shape index (κ3) is 2.80. The molecule has 6 nitrogen and oxygen atoms in total. The number of anilines is 1. The Bertz CT molecular complexity index is 548. The summed E-state index contributed by atoms with van der Waals surface area (Å²) in [6, 6.07) is 0. The van der Waals surface area contributed by atoms with Gasteiger partial charge in [0.2, 0.25) is 0 Å². The van der Waals surface area contributed by atoms with Crippen molar-refractivity contribution in [3.05, 3.63) is 17.3 Å². The Morgan fingerprint density at radius 1 is 1.45 bits per heavy atom. The molecule has 20 heavy (non-hydrogen) atoms. The standard InChI is InChI=1S/C13H20N4O2S/c1-18-6-2-14-10-11-12(16-3-7-19-8-4-16)15-13-17(11)5-9-20-13/h5,9,14H,2-4,6-8,10H2,1H3. The normalized spacial score (nSPS) is 16.1. The molecule has 0 spiro atoms. The van der Waals surface area contributed by atoms with E-state index in [0.29, 0.717) is 0 Å². The van der Waals surface area contributed by atoms with Gasteiger partial charge in [0.05, 0.1) is 25.5 Å². The molecule has 0 aliphatic carbocycles. The predicted molar refractivity (Wildman–Crippen MR) is 79.7 cm³/mol. The van der Waals surface area contributed by atoms with Crippen LogP contribution in [-0.4, -0.2) is 55.9 Å². The smallest absolute Gasteiger partial charge is 0.195 e. The highest BCUT2D eigenvalue weighted by Gasteiger charge is 2.20. The van der Waals surface area contributed by atoms with Gasteiger partial charge in [-0.2, -0.15) is 0 Å². The van der Waals surface area contributed by atoms with Crippen molar-refractivity contribution >= 4 is 22.1 Å². The Labute approximate surface area is 122 Å². The van der Waals surface area contributed by atoms with E-state index < -0.39 is 0 Å². The lowest BCUT2D eigenvalue weighted by Gasteiger charge is -2.27. The highest BCUT2D eigenvalue weighted by molar-refractivity contribution is 7.15. The second kappa shape index (κ2) is 6.53. The van der Waals surface area contributed by atoms with Crippen LogP contribution in [0.1, 0.15) is 5.69 Å². The summed E-state index contributed by atoms with van der Waals surface area (Å²) >= 11 is 1.67. The Morgan fingerprint density at radius 2 is 2.30 bits per heavy atom. The number of nitrogens with one attached hydrogen (secondary N) is 1. The van der Waals surface area contributed by atoms with Crippen molar-refractivity contribution < 1.29 is 9.47 Å². The number of rotatable bonds is 6. The van der Waals surface area contributed by atoms with Gasteiger partial charge in [-0.05, 0) is 0 Å². The van der Waals surface area contributed by atoms with Gasteiger partial charge in [0.1, 0.15) is 0 Å². The van der Waals surface area contributed by atoms with Gasteiger partial charge >= 0.3 is 0 Å². The number of nitrogens with zero attached hydrogens (tertiary/aromatic N) is 3. The highest BCUT2D eigenvalue weighted by atomic mass is 32.1. The minimum atomic E-state index is 0.721. The Balaban J connectivity index is 1.80. The van der Waals surface area contributed by atoms with E-state index in [-0.39, 0.29) is 0 Å². The average molecular weight is 296 g/mol. The number of ether oxygens (including phenoxy) is 2. The average Bonchev–Trinajstić information content (AvgIpc) is 3.06. The molecule has 1 fully saturated rings. The van der Waals surface area contributed by atoms with Crippen LogP contribution in [0.15, 0.2) is 11.6 Å². The predicted octanol–water partition coefficient (Wildman–Crippen LogP) is 0.968. The number of thiazole rings is 1. The van der Waals surface area contributed by atoms with Gasteiger partial charge in [0.25, 0.3) is 0 Å². The minimum absolute atomic E-state index is 0.721. The van der Waals surface area contributed by atoms with Crippen molar-refractivity contribution in [2.75, 3.05) is 51.5 Å². The van der Waals surface area contributed by atoms with Crippen molar-refractivity contribution in [1.29, 1.82) is 0 Å². The minimum Gasteiger partial charge on any atom is -0.383 e. The van der Waals surface area contributed by atoms with Crippen LogP contribution in [0.2, 0.25) is 0 Å². The maximum absolute atomic E-state index is 5.42. The first-order valence-corrected chi connectivity index (χ1v) is 7.75. The third-order valence-electron chi connectivity index (χ3n) is 3.43. The summed E-state index contributed by atoms with van der Waals surface area (Å²) in [4.78, 5) is 8.14. The van der Waals surface area contributed by atoms with Crippen LogP contribution in [0, 0.1) is 0 Å². The first kappa shape index (κ1) is 13.8. The van der Waals surface area contributed by atoms with Crippen LogP contribution < -0.4 is 10.2 Å². The van der Waals surface area contributed by atoms with E-state index in [4.69, 9.17) is 14.5 Å². The number of methoxy groups -OCH3 is 1. The zero-order valence-electron chi connectivity index (χ0n) is 11.7. The molecule has 0 unspecified atom stereocenters. The van der Waals surface area contributed by atoms with Gasteiger partial charge in [-0.15, -0.1) is 11.3 Å². The van der Waals surface area contributed by atoms with Crippen molar-refractivity contribution in [3.8, 4) is 0 Å². The van der Waals surface area contributed by atoms with E-state index in [1.54, 1.807) is 18.4 Å². The first-order chi connectivity index (χ1) is 9.90. The van der Waals surface area contributed by atoms with Gasteiger partial charge in [-0.1, -0.05) is 0 Å². The molecular weight excluding hydrogens is 276 g/mol. The fourth-order valence-electron chi connectivity index (χ4n) is 2.39. The zero-order chi connectivity index (χ0) is 13.8. The molecular formula is C13H20N4O2S. The van der Waals surface area contributed by atoms with Crippen LogP contribution >= 0.6 is 11.3 Å². The van der Waals surface area contributed by atoms with E-state index in [0.717, 1.165) is 56.8 Å². The van der Waals surface area contributed by atoms with Gasteiger partial charge in [0.15, 0.2) is 10.8 Å². The zero-order valence-corrected chi connectivity index (χ0v) is 12.5. The maximum Gasteiger partial charge on any atom is 0.195 e. The van der Waals surface area contributed by atoms with Crippen LogP contribution in [0.3, 0.4) is 0 Å². The van der Waals surface area contributed by atoms with E-state index in [9.17, 15) is 0 Å². The molecule has 2 aromatic rings. The lowest BCUT2D eigenvalue weighted by atomic mass is 10.3. The molecule has 0 atom stereocenters. The lowest BCUT2D eigenvalue weighted by Crippen LogP contribution is -2.37. The van der Waals surface area contributed by atoms with E-state index in [1.165, 1.54) is 5.69 Å². The molecule has 0 bridgehead atoms. The molecule has 0 amide bonds. The number of fused-ring (bicyclic) bond motifs is 1. The quantitative estimate of drug-likeness (QED) is 0.805. The van der Waals surface area contributed by atoms with Gasteiger partial charge < -0.3 is 19.7 Å². The fraction of sp³-hybridized carbons (Fsp3) is 0.615. The van der Waals surface area contributed by atoms with Crippen molar-refractivity contribution in [1.82, 2.24) is 14.7 Å². The number of hydrogen-bond acceptors (Lipinski definition) is 6. The Morgan fingerprint density at radius 3 is 3.10 bits per heavy atom. The van der Waals surface area contributed by atoms with E-state index in [1.807, 2.05) is 0 Å². The second-order valence-corrected chi connectivity index (χ2v) is 5.58. The molecule has 1 N–H and O–H groups in total. The summed E-state index contributed by atoms with van der Waals surface area (Å²) < 4.78 is 12.7. The van der Waals surface area contributed by atoms with Crippen LogP contribution in [0.5, 0.6) is 0 Å². The summed E-state index contributed by atoms with van der Waals surface area (Å²) in [7, 11) is 1.72. The van der Waals surface area contributed by atoms with Gasteiger partial charge in [-0.3, -0.25) is 4.40 Å². The number of aromatic nitrogens is 2. The maximum atomic E-state index is 5.42. The molecule has 110 valence electrons. The molecule has 3 heterocycles. The van der Waals surface area contributed by atoms with E-state index in [2.05, 4.69) is 26.2 Å².